The number of hydrogen-bond acceptors (Lipinski definition) is 8. The van der Waals surface area contributed by atoms with Crippen molar-refractivity contribution in [1.29, 1.82) is 0 Å². The van der Waals surface area contributed by atoms with Crippen molar-refractivity contribution < 1.29 is 23.6 Å². The van der Waals surface area contributed by atoms with Gasteiger partial charge >= 0.3 is 5.97 Å². The number of benzene rings is 1. The predicted octanol–water partition coefficient (Wildman–Crippen LogP) is 3.16. The lowest BCUT2D eigenvalue weighted by Crippen LogP contribution is -2.48. The maximum absolute atomic E-state index is 12.8. The predicted molar refractivity (Wildman–Crippen MR) is 103 cm³/mol. The Morgan fingerprint density at radius 1 is 1.17 bits per heavy atom. The number of imide groups is 1. The summed E-state index contributed by atoms with van der Waals surface area (Å²) in [4.78, 5) is 43.4. The molecule has 1 aromatic carbocycles. The van der Waals surface area contributed by atoms with Crippen LogP contribution in [-0.2, 0) is 16.1 Å². The number of amides is 2. The first-order valence-corrected chi connectivity index (χ1v) is 9.90. The van der Waals surface area contributed by atoms with Gasteiger partial charge in [0.05, 0.1) is 11.1 Å². The highest BCUT2D eigenvalue weighted by molar-refractivity contribution is 7.08. The number of rotatable bonds is 6. The van der Waals surface area contributed by atoms with Crippen molar-refractivity contribution >= 4 is 29.1 Å². The molecule has 0 aliphatic carbocycles. The molecule has 0 radical (unpaired) electrons. The van der Waals surface area contributed by atoms with Gasteiger partial charge in [0, 0.05) is 10.9 Å². The maximum Gasteiger partial charge on any atom is 0.330 e. The number of fused-ring (bicyclic) bond motifs is 1. The minimum atomic E-state index is -1.05. The Bertz CT molecular complexity index is 1040. The Morgan fingerprint density at radius 2 is 1.86 bits per heavy atom. The van der Waals surface area contributed by atoms with Crippen LogP contribution in [0.1, 0.15) is 40.5 Å². The Balaban J connectivity index is 1.49. The fourth-order valence-corrected chi connectivity index (χ4v) is 3.81. The van der Waals surface area contributed by atoms with Crippen molar-refractivity contribution in [2.24, 2.45) is 5.92 Å². The first kappa shape index (κ1) is 19.0. The number of nitrogens with zero attached hydrogens (tertiary/aromatic N) is 3. The zero-order chi connectivity index (χ0) is 20.5. The summed E-state index contributed by atoms with van der Waals surface area (Å²) in [7, 11) is 0. The fourth-order valence-electron chi connectivity index (χ4n) is 3.18. The molecule has 4 rings (SSSR count). The van der Waals surface area contributed by atoms with Gasteiger partial charge in [-0.3, -0.25) is 14.5 Å². The van der Waals surface area contributed by atoms with Crippen molar-refractivity contribution in [1.82, 2.24) is 15.0 Å². The molecule has 9 heteroatoms. The molecule has 1 aliphatic rings. The summed E-state index contributed by atoms with van der Waals surface area (Å²) < 4.78 is 10.4. The zero-order valence-corrected chi connectivity index (χ0v) is 16.5. The van der Waals surface area contributed by atoms with E-state index in [2.05, 4.69) is 10.1 Å². The van der Waals surface area contributed by atoms with Crippen LogP contribution in [-0.4, -0.2) is 38.9 Å². The molecule has 0 spiro atoms. The fraction of sp³-hybridized carbons (Fsp3) is 0.250. The lowest BCUT2D eigenvalue weighted by Gasteiger charge is -2.27. The number of ether oxygens (including phenoxy) is 1. The molecule has 29 heavy (non-hydrogen) atoms. The molecule has 8 nitrogen and oxygen atoms in total. The Morgan fingerprint density at radius 3 is 2.45 bits per heavy atom. The number of aromatic nitrogens is 2. The van der Waals surface area contributed by atoms with Gasteiger partial charge in [-0.25, -0.2) is 4.79 Å². The van der Waals surface area contributed by atoms with Crippen LogP contribution in [0.4, 0.5) is 0 Å². The topological polar surface area (TPSA) is 103 Å². The van der Waals surface area contributed by atoms with Crippen LogP contribution in [0, 0.1) is 5.92 Å². The number of thiophene rings is 1. The van der Waals surface area contributed by atoms with Crippen LogP contribution in [0.25, 0.3) is 11.4 Å². The molecule has 0 saturated heterocycles. The van der Waals surface area contributed by atoms with Crippen LogP contribution < -0.4 is 0 Å². The molecule has 0 N–H and O–H groups in total. The van der Waals surface area contributed by atoms with E-state index in [1.165, 1.54) is 11.3 Å². The average Bonchev–Trinajstić information content (AvgIpc) is 3.44. The van der Waals surface area contributed by atoms with Crippen molar-refractivity contribution in [2.75, 3.05) is 0 Å². The van der Waals surface area contributed by atoms with E-state index in [-0.39, 0.29) is 29.5 Å². The van der Waals surface area contributed by atoms with E-state index in [1.807, 2.05) is 16.8 Å². The molecule has 3 heterocycles. The van der Waals surface area contributed by atoms with E-state index in [0.717, 1.165) is 10.5 Å². The average molecular weight is 411 g/mol. The SMILES string of the molecule is CC(C)[C@H](C(=O)OCc1nc(-c2ccsc2)no1)N1C(=O)c2ccccc2C1=O. The van der Waals surface area contributed by atoms with Gasteiger partial charge < -0.3 is 9.26 Å². The largest absolute Gasteiger partial charge is 0.454 e. The molecule has 3 aromatic rings. The summed E-state index contributed by atoms with van der Waals surface area (Å²) >= 11 is 1.50. The molecule has 2 aromatic heterocycles. The van der Waals surface area contributed by atoms with E-state index >= 15 is 0 Å². The molecule has 0 saturated carbocycles. The highest BCUT2D eigenvalue weighted by atomic mass is 32.1. The second-order valence-electron chi connectivity index (χ2n) is 6.85. The number of carbonyl (C=O) groups excluding carboxylic acids is 3. The molecule has 1 atom stereocenters. The molecule has 0 fully saturated rings. The Kier molecular flexibility index (Phi) is 4.98. The van der Waals surface area contributed by atoms with Gasteiger partial charge in [-0.15, -0.1) is 0 Å². The summed E-state index contributed by atoms with van der Waals surface area (Å²) in [6.45, 7) is 3.25. The van der Waals surface area contributed by atoms with Crippen LogP contribution in [0.2, 0.25) is 0 Å². The van der Waals surface area contributed by atoms with E-state index in [1.54, 1.807) is 38.1 Å². The van der Waals surface area contributed by atoms with Crippen molar-refractivity contribution in [2.45, 2.75) is 26.5 Å². The molecule has 0 unspecified atom stereocenters. The quantitative estimate of drug-likeness (QED) is 0.453. The molecule has 148 valence electrons. The maximum atomic E-state index is 12.8. The van der Waals surface area contributed by atoms with Gasteiger partial charge in [0.1, 0.15) is 6.04 Å². The third-order valence-corrected chi connectivity index (χ3v) is 5.25. The molecular weight excluding hydrogens is 394 g/mol. The van der Waals surface area contributed by atoms with Crippen LogP contribution in [0.3, 0.4) is 0 Å². The molecular formula is C20H17N3O5S. The number of carbonyl (C=O) groups is 3. The zero-order valence-electron chi connectivity index (χ0n) is 15.7. The van der Waals surface area contributed by atoms with Gasteiger partial charge in [0.25, 0.3) is 17.7 Å². The van der Waals surface area contributed by atoms with Gasteiger partial charge in [-0.1, -0.05) is 31.1 Å². The van der Waals surface area contributed by atoms with Crippen LogP contribution >= 0.6 is 11.3 Å². The monoisotopic (exact) mass is 411 g/mol. The van der Waals surface area contributed by atoms with Crippen molar-refractivity contribution in [3.8, 4) is 11.4 Å². The number of hydrogen-bond donors (Lipinski definition) is 0. The molecule has 0 bridgehead atoms. The summed E-state index contributed by atoms with van der Waals surface area (Å²) in [5, 5.41) is 7.62. The Hall–Kier alpha value is -3.33. The second kappa shape index (κ2) is 7.59. The standard InChI is InChI=1S/C20H17N3O5S/c1-11(2)16(23-18(24)13-5-3-4-6-14(13)19(23)25)20(26)27-9-15-21-17(22-28-15)12-7-8-29-10-12/h3-8,10-11,16H,9H2,1-2H3/t16-/m1/s1. The number of esters is 1. The highest BCUT2D eigenvalue weighted by Gasteiger charge is 2.44. The highest BCUT2D eigenvalue weighted by Crippen LogP contribution is 2.28. The smallest absolute Gasteiger partial charge is 0.330 e. The summed E-state index contributed by atoms with van der Waals surface area (Å²) in [5.74, 6) is -1.52. The molecule has 2 amide bonds. The van der Waals surface area contributed by atoms with Gasteiger partial charge in [0.15, 0.2) is 6.61 Å². The van der Waals surface area contributed by atoms with Gasteiger partial charge in [0.2, 0.25) is 5.82 Å². The first-order valence-electron chi connectivity index (χ1n) is 8.96. The van der Waals surface area contributed by atoms with Crippen LogP contribution in [0.15, 0.2) is 45.6 Å². The summed E-state index contributed by atoms with van der Waals surface area (Å²) in [6.07, 6.45) is 0. The van der Waals surface area contributed by atoms with Crippen molar-refractivity contribution in [3.63, 3.8) is 0 Å². The second-order valence-corrected chi connectivity index (χ2v) is 7.63. The van der Waals surface area contributed by atoms with E-state index < -0.39 is 23.8 Å². The summed E-state index contributed by atoms with van der Waals surface area (Å²) in [5.41, 5.74) is 1.38. The molecule has 1 aliphatic heterocycles. The van der Waals surface area contributed by atoms with E-state index in [0.29, 0.717) is 5.82 Å². The minimum absolute atomic E-state index is 0.129. The van der Waals surface area contributed by atoms with E-state index in [4.69, 9.17) is 9.26 Å². The van der Waals surface area contributed by atoms with Crippen molar-refractivity contribution in [3.05, 3.63) is 58.1 Å². The van der Waals surface area contributed by atoms with Gasteiger partial charge in [-0.05, 0) is 29.5 Å². The van der Waals surface area contributed by atoms with E-state index in [9.17, 15) is 14.4 Å². The first-order chi connectivity index (χ1) is 14.0. The lowest BCUT2D eigenvalue weighted by molar-refractivity contribution is -0.152. The van der Waals surface area contributed by atoms with Gasteiger partial charge in [-0.2, -0.15) is 16.3 Å². The Labute approximate surface area is 170 Å². The third kappa shape index (κ3) is 3.44. The third-order valence-electron chi connectivity index (χ3n) is 4.56. The van der Waals surface area contributed by atoms with Crippen LogP contribution in [0.5, 0.6) is 0 Å². The minimum Gasteiger partial charge on any atom is -0.454 e. The summed E-state index contributed by atoms with van der Waals surface area (Å²) in [6, 6.07) is 7.29. The lowest BCUT2D eigenvalue weighted by atomic mass is 10.0. The normalized spacial score (nSPS) is 14.4.